The summed E-state index contributed by atoms with van der Waals surface area (Å²) < 4.78 is 36.8. The molecule has 2 N–H and O–H groups in total. The molecular weight excluding hydrogens is 332 g/mol. The van der Waals surface area contributed by atoms with Gasteiger partial charge in [0.1, 0.15) is 5.75 Å². The normalized spacial score (nSPS) is 14.4. The Bertz CT molecular complexity index is 822. The lowest BCUT2D eigenvalue weighted by molar-refractivity contribution is 0.0918. The third kappa shape index (κ3) is 3.95. The second kappa shape index (κ2) is 6.66. The highest BCUT2D eigenvalue weighted by Gasteiger charge is 2.30. The van der Waals surface area contributed by atoms with E-state index >= 15 is 0 Å². The molecule has 0 atom stereocenters. The van der Waals surface area contributed by atoms with Crippen LogP contribution < -0.4 is 14.8 Å². The Balaban J connectivity index is 1.60. The summed E-state index contributed by atoms with van der Waals surface area (Å²) in [7, 11) is -2.11. The number of methoxy groups -OCH3 is 1. The molecule has 2 aromatic rings. The number of sulfonamides is 1. The minimum Gasteiger partial charge on any atom is -0.497 e. The summed E-state index contributed by atoms with van der Waals surface area (Å²) in [6, 6.07) is 9.86. The van der Waals surface area contributed by atoms with E-state index in [-0.39, 0.29) is 16.9 Å². The molecule has 0 radical (unpaired) electrons. The second-order valence-corrected chi connectivity index (χ2v) is 7.19. The Morgan fingerprint density at radius 2 is 1.92 bits per heavy atom. The maximum absolute atomic E-state index is 12.1. The SMILES string of the molecule is COc1ccc(CNC(=O)c2ccc(S(=O)(=O)NC3CC3)o2)cc1. The predicted molar refractivity (Wildman–Crippen MR) is 86.2 cm³/mol. The van der Waals surface area contributed by atoms with Gasteiger partial charge in [0, 0.05) is 12.6 Å². The first-order valence-corrected chi connectivity index (χ1v) is 8.99. The number of ether oxygens (including phenoxy) is 1. The minimum atomic E-state index is -3.70. The number of hydrogen-bond donors (Lipinski definition) is 2. The molecular formula is C16H18N2O5S. The number of benzene rings is 1. The van der Waals surface area contributed by atoms with Crippen LogP contribution in [-0.2, 0) is 16.6 Å². The van der Waals surface area contributed by atoms with Crippen LogP contribution in [0.25, 0.3) is 0 Å². The lowest BCUT2D eigenvalue weighted by atomic mass is 10.2. The van der Waals surface area contributed by atoms with E-state index in [0.29, 0.717) is 6.54 Å². The monoisotopic (exact) mass is 350 g/mol. The fourth-order valence-electron chi connectivity index (χ4n) is 2.08. The van der Waals surface area contributed by atoms with Crippen LogP contribution in [0.3, 0.4) is 0 Å². The van der Waals surface area contributed by atoms with Crippen molar-refractivity contribution in [2.45, 2.75) is 30.5 Å². The summed E-state index contributed by atoms with van der Waals surface area (Å²) >= 11 is 0. The van der Waals surface area contributed by atoms with Gasteiger partial charge in [0.15, 0.2) is 5.76 Å². The number of carbonyl (C=O) groups is 1. The van der Waals surface area contributed by atoms with Crippen molar-refractivity contribution in [3.05, 3.63) is 47.7 Å². The third-order valence-corrected chi connectivity index (χ3v) is 4.97. The van der Waals surface area contributed by atoms with Crippen LogP contribution >= 0.6 is 0 Å². The van der Waals surface area contributed by atoms with Gasteiger partial charge in [-0.25, -0.2) is 13.1 Å². The maximum Gasteiger partial charge on any atom is 0.287 e. The Hall–Kier alpha value is -2.32. The number of nitrogens with one attached hydrogen (secondary N) is 2. The smallest absolute Gasteiger partial charge is 0.287 e. The summed E-state index contributed by atoms with van der Waals surface area (Å²) in [5.74, 6) is 0.215. The Labute approximate surface area is 140 Å². The molecule has 0 saturated heterocycles. The Morgan fingerprint density at radius 3 is 2.54 bits per heavy atom. The maximum atomic E-state index is 12.1. The van der Waals surface area contributed by atoms with E-state index in [1.165, 1.54) is 12.1 Å². The van der Waals surface area contributed by atoms with Crippen LogP contribution in [0.5, 0.6) is 5.75 Å². The first kappa shape index (κ1) is 16.5. The molecule has 1 aromatic heterocycles. The van der Waals surface area contributed by atoms with Crippen molar-refractivity contribution in [1.29, 1.82) is 0 Å². The fraction of sp³-hybridized carbons (Fsp3) is 0.312. The van der Waals surface area contributed by atoms with E-state index in [2.05, 4.69) is 10.0 Å². The summed E-state index contributed by atoms with van der Waals surface area (Å²) in [4.78, 5) is 12.1. The van der Waals surface area contributed by atoms with Crippen molar-refractivity contribution in [2.75, 3.05) is 7.11 Å². The second-order valence-electron chi connectivity index (χ2n) is 5.54. The zero-order valence-corrected chi connectivity index (χ0v) is 13.9. The van der Waals surface area contributed by atoms with Crippen molar-refractivity contribution < 1.29 is 22.4 Å². The molecule has 1 saturated carbocycles. The third-order valence-electron chi connectivity index (χ3n) is 3.58. The highest BCUT2D eigenvalue weighted by molar-refractivity contribution is 7.89. The van der Waals surface area contributed by atoms with Gasteiger partial charge in [-0.2, -0.15) is 0 Å². The first-order valence-electron chi connectivity index (χ1n) is 7.51. The van der Waals surface area contributed by atoms with Crippen molar-refractivity contribution in [3.63, 3.8) is 0 Å². The number of amides is 1. The van der Waals surface area contributed by atoms with Crippen LogP contribution in [-0.4, -0.2) is 27.5 Å². The molecule has 0 unspecified atom stereocenters. The molecule has 1 heterocycles. The Kier molecular flexibility index (Phi) is 4.59. The Morgan fingerprint density at radius 1 is 1.21 bits per heavy atom. The average Bonchev–Trinajstić information content (AvgIpc) is 3.22. The zero-order valence-electron chi connectivity index (χ0n) is 13.1. The molecule has 0 bridgehead atoms. The van der Waals surface area contributed by atoms with Gasteiger partial charge >= 0.3 is 0 Å². The van der Waals surface area contributed by atoms with Crippen molar-refractivity contribution in [1.82, 2.24) is 10.0 Å². The molecule has 1 fully saturated rings. The van der Waals surface area contributed by atoms with Gasteiger partial charge < -0.3 is 14.5 Å². The number of carbonyl (C=O) groups excluding carboxylic acids is 1. The largest absolute Gasteiger partial charge is 0.497 e. The highest BCUT2D eigenvalue weighted by atomic mass is 32.2. The van der Waals surface area contributed by atoms with Crippen LogP contribution in [0, 0.1) is 0 Å². The van der Waals surface area contributed by atoms with Gasteiger partial charge in [-0.1, -0.05) is 12.1 Å². The van der Waals surface area contributed by atoms with Crippen LogP contribution in [0.2, 0.25) is 0 Å². The molecule has 0 aliphatic heterocycles. The average molecular weight is 350 g/mol. The van der Waals surface area contributed by atoms with Crippen LogP contribution in [0.15, 0.2) is 45.9 Å². The van der Waals surface area contributed by atoms with E-state index < -0.39 is 15.9 Å². The molecule has 128 valence electrons. The molecule has 24 heavy (non-hydrogen) atoms. The summed E-state index contributed by atoms with van der Waals surface area (Å²) in [6.07, 6.45) is 1.66. The van der Waals surface area contributed by atoms with Gasteiger partial charge in [-0.3, -0.25) is 4.79 Å². The highest BCUT2D eigenvalue weighted by Crippen LogP contribution is 2.23. The summed E-state index contributed by atoms with van der Waals surface area (Å²) in [5, 5.41) is 2.44. The van der Waals surface area contributed by atoms with Crippen molar-refractivity contribution >= 4 is 15.9 Å². The zero-order chi connectivity index (χ0) is 17.2. The van der Waals surface area contributed by atoms with E-state index in [1.807, 2.05) is 12.1 Å². The fourth-order valence-corrected chi connectivity index (χ4v) is 3.32. The number of furan rings is 1. The molecule has 1 aliphatic rings. The molecule has 8 heteroatoms. The topological polar surface area (TPSA) is 97.6 Å². The lowest BCUT2D eigenvalue weighted by Gasteiger charge is -2.05. The first-order chi connectivity index (χ1) is 11.5. The number of rotatable bonds is 7. The van der Waals surface area contributed by atoms with Crippen molar-refractivity contribution in [3.8, 4) is 5.75 Å². The van der Waals surface area contributed by atoms with E-state index in [4.69, 9.17) is 9.15 Å². The van der Waals surface area contributed by atoms with E-state index in [1.54, 1.807) is 19.2 Å². The number of hydrogen-bond acceptors (Lipinski definition) is 5. The standard InChI is InChI=1S/C16H18N2O5S/c1-22-13-6-2-11(3-7-13)10-17-16(19)14-8-9-15(23-14)24(20,21)18-12-4-5-12/h2-3,6-9,12,18H,4-5,10H2,1H3,(H,17,19). The lowest BCUT2D eigenvalue weighted by Crippen LogP contribution is -2.25. The van der Waals surface area contributed by atoms with Gasteiger partial charge in [0.25, 0.3) is 15.9 Å². The van der Waals surface area contributed by atoms with Crippen LogP contribution in [0.1, 0.15) is 29.0 Å². The molecule has 1 amide bonds. The molecule has 1 aliphatic carbocycles. The van der Waals surface area contributed by atoms with Gasteiger partial charge in [0.2, 0.25) is 5.09 Å². The summed E-state index contributed by atoms with van der Waals surface area (Å²) in [6.45, 7) is 0.298. The van der Waals surface area contributed by atoms with Gasteiger partial charge in [-0.05, 0) is 42.7 Å². The quantitative estimate of drug-likeness (QED) is 0.791. The van der Waals surface area contributed by atoms with Gasteiger partial charge in [0.05, 0.1) is 7.11 Å². The molecule has 1 aromatic carbocycles. The molecule has 7 nitrogen and oxygen atoms in total. The minimum absolute atomic E-state index is 0.0209. The van der Waals surface area contributed by atoms with Crippen molar-refractivity contribution in [2.24, 2.45) is 0 Å². The summed E-state index contributed by atoms with van der Waals surface area (Å²) in [5.41, 5.74) is 0.888. The van der Waals surface area contributed by atoms with Crippen LogP contribution in [0.4, 0.5) is 0 Å². The molecule has 3 rings (SSSR count). The molecule has 0 spiro atoms. The van der Waals surface area contributed by atoms with Gasteiger partial charge in [-0.15, -0.1) is 0 Å². The van der Waals surface area contributed by atoms with E-state index in [0.717, 1.165) is 24.2 Å². The predicted octanol–water partition coefficient (Wildman–Crippen LogP) is 1.66. The van der Waals surface area contributed by atoms with E-state index in [9.17, 15) is 13.2 Å².